The lowest BCUT2D eigenvalue weighted by atomic mass is 10.1. The molecule has 1 amide bonds. The Hall–Kier alpha value is -3.74. The summed E-state index contributed by atoms with van der Waals surface area (Å²) < 4.78 is 6.62. The molecule has 2 aromatic heterocycles. The largest absolute Gasteiger partial charge is 0.352 e. The first-order chi connectivity index (χ1) is 14.1. The van der Waals surface area contributed by atoms with Crippen LogP contribution in [0.4, 0.5) is 0 Å². The Balaban J connectivity index is 1.48. The Labute approximate surface area is 167 Å². The van der Waals surface area contributed by atoms with E-state index in [2.05, 4.69) is 15.5 Å². The van der Waals surface area contributed by atoms with Gasteiger partial charge in [-0.15, -0.1) is 0 Å². The Bertz CT molecular complexity index is 1210. The monoisotopic (exact) mass is 388 g/mol. The molecule has 1 N–H and O–H groups in total. The highest BCUT2D eigenvalue weighted by Crippen LogP contribution is 2.23. The van der Waals surface area contributed by atoms with Crippen molar-refractivity contribution in [1.29, 1.82) is 0 Å². The van der Waals surface area contributed by atoms with Crippen LogP contribution in [0.5, 0.6) is 0 Å². The minimum atomic E-state index is -0.276. The molecule has 146 valence electrons. The van der Waals surface area contributed by atoms with Crippen molar-refractivity contribution < 1.29 is 9.32 Å². The average Bonchev–Trinajstić information content (AvgIpc) is 3.17. The van der Waals surface area contributed by atoms with E-state index in [0.717, 1.165) is 16.7 Å². The molecular weight excluding hydrogens is 368 g/mol. The van der Waals surface area contributed by atoms with Crippen LogP contribution < -0.4 is 10.9 Å². The summed E-state index contributed by atoms with van der Waals surface area (Å²) in [6.07, 6.45) is 1.56. The van der Waals surface area contributed by atoms with Crippen molar-refractivity contribution in [2.24, 2.45) is 0 Å². The fourth-order valence-corrected chi connectivity index (χ4v) is 3.17. The average molecular weight is 388 g/mol. The van der Waals surface area contributed by atoms with Crippen LogP contribution in [0, 0.1) is 6.92 Å². The van der Waals surface area contributed by atoms with E-state index in [-0.39, 0.29) is 30.1 Å². The van der Waals surface area contributed by atoms with Crippen LogP contribution in [0.3, 0.4) is 0 Å². The molecule has 0 saturated heterocycles. The number of nitrogens with zero attached hydrogens (tertiary/aromatic N) is 3. The number of carbonyl (C=O) groups excluding carboxylic acids is 1. The van der Waals surface area contributed by atoms with E-state index in [0.29, 0.717) is 17.6 Å². The van der Waals surface area contributed by atoms with Gasteiger partial charge in [-0.25, -0.2) is 4.98 Å². The lowest BCUT2D eigenvalue weighted by Crippen LogP contribution is -2.27. The lowest BCUT2D eigenvalue weighted by molar-refractivity contribution is -0.121. The summed E-state index contributed by atoms with van der Waals surface area (Å²) in [6.45, 7) is 2.69. The number of fused-ring (bicyclic) bond motifs is 1. The van der Waals surface area contributed by atoms with E-state index in [1.54, 1.807) is 0 Å². The number of carbonyl (C=O) groups is 1. The number of benzene rings is 2. The molecule has 7 nitrogen and oxygen atoms in total. The topological polar surface area (TPSA) is 90.0 Å². The summed E-state index contributed by atoms with van der Waals surface area (Å²) in [5, 5.41) is 7.20. The SMILES string of the molecule is Cc1cccc(CNC(=O)CCn2cnc3onc(-c4ccccc4)c3c2=O)c1. The molecule has 0 spiro atoms. The van der Waals surface area contributed by atoms with Gasteiger partial charge in [-0.05, 0) is 12.5 Å². The van der Waals surface area contributed by atoms with Gasteiger partial charge < -0.3 is 9.84 Å². The van der Waals surface area contributed by atoms with Crippen LogP contribution in [0.2, 0.25) is 0 Å². The summed E-state index contributed by atoms with van der Waals surface area (Å²) >= 11 is 0. The lowest BCUT2D eigenvalue weighted by Gasteiger charge is -2.07. The molecule has 0 radical (unpaired) electrons. The van der Waals surface area contributed by atoms with Crippen molar-refractivity contribution in [2.45, 2.75) is 26.4 Å². The Morgan fingerprint density at radius 3 is 2.76 bits per heavy atom. The number of hydrogen-bond donors (Lipinski definition) is 1. The van der Waals surface area contributed by atoms with Gasteiger partial charge in [0.15, 0.2) is 0 Å². The molecule has 0 atom stereocenters. The van der Waals surface area contributed by atoms with Gasteiger partial charge in [-0.3, -0.25) is 14.2 Å². The fraction of sp³-hybridized carbons (Fsp3) is 0.182. The summed E-state index contributed by atoms with van der Waals surface area (Å²) in [4.78, 5) is 29.3. The minimum absolute atomic E-state index is 0.132. The molecule has 4 aromatic rings. The van der Waals surface area contributed by atoms with Crippen LogP contribution in [0.1, 0.15) is 17.5 Å². The van der Waals surface area contributed by atoms with Gasteiger partial charge in [0, 0.05) is 25.1 Å². The highest BCUT2D eigenvalue weighted by molar-refractivity contribution is 5.88. The van der Waals surface area contributed by atoms with Crippen molar-refractivity contribution in [1.82, 2.24) is 20.0 Å². The summed E-state index contributed by atoms with van der Waals surface area (Å²) in [7, 11) is 0. The van der Waals surface area contributed by atoms with Crippen LogP contribution in [-0.2, 0) is 17.9 Å². The zero-order valence-electron chi connectivity index (χ0n) is 16.0. The number of nitrogens with one attached hydrogen (secondary N) is 1. The third-order valence-electron chi connectivity index (χ3n) is 4.66. The molecule has 2 heterocycles. The molecule has 7 heteroatoms. The summed E-state index contributed by atoms with van der Waals surface area (Å²) in [5.41, 5.74) is 3.33. The molecule has 0 bridgehead atoms. The van der Waals surface area contributed by atoms with Crippen molar-refractivity contribution in [2.75, 3.05) is 0 Å². The molecule has 4 rings (SSSR count). The number of rotatable bonds is 6. The third kappa shape index (κ3) is 4.08. The predicted molar refractivity (Wildman–Crippen MR) is 109 cm³/mol. The second-order valence-electron chi connectivity index (χ2n) is 6.84. The molecule has 2 aromatic carbocycles. The van der Waals surface area contributed by atoms with Crippen LogP contribution in [-0.4, -0.2) is 20.6 Å². The number of amides is 1. The first-order valence-electron chi connectivity index (χ1n) is 9.34. The Morgan fingerprint density at radius 2 is 1.97 bits per heavy atom. The minimum Gasteiger partial charge on any atom is -0.352 e. The maximum Gasteiger partial charge on any atom is 0.266 e. The van der Waals surface area contributed by atoms with E-state index in [1.165, 1.54) is 10.9 Å². The van der Waals surface area contributed by atoms with Gasteiger partial charge in [0.05, 0.1) is 0 Å². The molecule has 0 unspecified atom stereocenters. The van der Waals surface area contributed by atoms with Crippen molar-refractivity contribution >= 4 is 17.0 Å². The summed E-state index contributed by atoms with van der Waals surface area (Å²) in [5.74, 6) is -0.132. The second kappa shape index (κ2) is 8.10. The third-order valence-corrected chi connectivity index (χ3v) is 4.66. The number of hydrogen-bond acceptors (Lipinski definition) is 5. The second-order valence-corrected chi connectivity index (χ2v) is 6.84. The summed E-state index contributed by atoms with van der Waals surface area (Å²) in [6, 6.07) is 17.3. The molecule has 0 aliphatic carbocycles. The Morgan fingerprint density at radius 1 is 1.14 bits per heavy atom. The van der Waals surface area contributed by atoms with Gasteiger partial charge in [0.1, 0.15) is 17.4 Å². The zero-order valence-corrected chi connectivity index (χ0v) is 16.0. The molecule has 0 saturated carbocycles. The van der Waals surface area contributed by atoms with Gasteiger partial charge in [-0.2, -0.15) is 0 Å². The molecule has 29 heavy (non-hydrogen) atoms. The highest BCUT2D eigenvalue weighted by atomic mass is 16.5. The van der Waals surface area contributed by atoms with E-state index < -0.39 is 0 Å². The Kier molecular flexibility index (Phi) is 5.20. The van der Waals surface area contributed by atoms with E-state index in [4.69, 9.17) is 4.52 Å². The van der Waals surface area contributed by atoms with Crippen molar-refractivity contribution in [3.63, 3.8) is 0 Å². The predicted octanol–water partition coefficient (Wildman–Crippen LogP) is 3.07. The van der Waals surface area contributed by atoms with Crippen LogP contribution in [0.25, 0.3) is 22.4 Å². The van der Waals surface area contributed by atoms with Crippen LogP contribution >= 0.6 is 0 Å². The molecule has 0 aliphatic heterocycles. The van der Waals surface area contributed by atoms with Gasteiger partial charge in [-0.1, -0.05) is 65.3 Å². The van der Waals surface area contributed by atoms with E-state index in [1.807, 2.05) is 61.5 Å². The normalized spacial score (nSPS) is 10.9. The quantitative estimate of drug-likeness (QED) is 0.548. The fourth-order valence-electron chi connectivity index (χ4n) is 3.17. The smallest absolute Gasteiger partial charge is 0.266 e. The first kappa shape index (κ1) is 18.6. The zero-order chi connectivity index (χ0) is 20.2. The maximum absolute atomic E-state index is 12.9. The maximum atomic E-state index is 12.9. The van der Waals surface area contributed by atoms with E-state index >= 15 is 0 Å². The molecular formula is C22H20N4O3. The van der Waals surface area contributed by atoms with Gasteiger partial charge in [0.25, 0.3) is 11.3 Å². The van der Waals surface area contributed by atoms with Crippen molar-refractivity contribution in [3.8, 4) is 11.3 Å². The molecule has 0 fully saturated rings. The first-order valence-corrected chi connectivity index (χ1v) is 9.34. The highest BCUT2D eigenvalue weighted by Gasteiger charge is 2.17. The number of aryl methyl sites for hydroxylation is 2. The van der Waals surface area contributed by atoms with Crippen LogP contribution in [0.15, 0.2) is 70.2 Å². The number of aromatic nitrogens is 3. The standard InChI is InChI=1S/C22H20N4O3/c1-15-6-5-7-16(12-15)13-23-18(27)10-11-26-14-24-21-19(22(26)28)20(25-29-21)17-8-3-2-4-9-17/h2-9,12,14H,10-11,13H2,1H3,(H,23,27). The van der Waals surface area contributed by atoms with E-state index in [9.17, 15) is 9.59 Å². The van der Waals surface area contributed by atoms with Crippen molar-refractivity contribution in [3.05, 3.63) is 82.4 Å². The van der Waals surface area contributed by atoms with Gasteiger partial charge in [0.2, 0.25) is 5.91 Å². The van der Waals surface area contributed by atoms with Gasteiger partial charge >= 0.3 is 0 Å². The molecule has 0 aliphatic rings.